The molecule has 5 aromatic rings. The second-order valence-electron chi connectivity index (χ2n) is 15.5. The number of nitrogens with one attached hydrogen (secondary N) is 2. The van der Waals surface area contributed by atoms with Gasteiger partial charge in [0, 0.05) is 43.3 Å². The number of rotatable bonds is 10. The highest BCUT2D eigenvalue weighted by Crippen LogP contribution is 2.43. The summed E-state index contributed by atoms with van der Waals surface area (Å²) in [5, 5.41) is 15.0. The zero-order valence-corrected chi connectivity index (χ0v) is 32.6. The molecule has 14 heteroatoms. The van der Waals surface area contributed by atoms with Crippen LogP contribution in [0.3, 0.4) is 0 Å². The van der Waals surface area contributed by atoms with Gasteiger partial charge in [-0.1, -0.05) is 91.9 Å². The first-order valence-electron chi connectivity index (χ1n) is 19.8. The number of amides is 2. The molecule has 8 rings (SSSR count). The number of piperidine rings is 1. The monoisotopic (exact) mass is 826 g/mol. The van der Waals surface area contributed by atoms with Crippen molar-refractivity contribution >= 4 is 17.5 Å². The van der Waals surface area contributed by atoms with Crippen LogP contribution in [0.5, 0.6) is 0 Å². The van der Waals surface area contributed by atoms with Gasteiger partial charge in [-0.2, -0.15) is 0 Å². The predicted octanol–water partition coefficient (Wildman–Crippen LogP) is 7.69. The van der Waals surface area contributed by atoms with Gasteiger partial charge in [-0.3, -0.25) is 9.59 Å². The number of hydrogen-bond acceptors (Lipinski definition) is 7. The number of likely N-dealkylation sites (tertiary alicyclic amines) is 1. The number of anilines is 1. The van der Waals surface area contributed by atoms with Gasteiger partial charge in [-0.15, -0.1) is 0 Å². The number of carbonyl (C=O) groups excluding carboxylic acids is 2. The Morgan fingerprint density at radius 3 is 2.10 bits per heavy atom. The lowest BCUT2D eigenvalue weighted by Gasteiger charge is -2.46. The Morgan fingerprint density at radius 1 is 0.783 bits per heavy atom. The van der Waals surface area contributed by atoms with E-state index in [1.54, 1.807) is 18.2 Å². The van der Waals surface area contributed by atoms with Crippen molar-refractivity contribution in [2.75, 3.05) is 31.2 Å². The smallest absolute Gasteiger partial charge is 0.257 e. The number of ether oxygens (including phenoxy) is 2. The zero-order valence-electron chi connectivity index (χ0n) is 32.6. The Kier molecular flexibility index (Phi) is 11.7. The molecule has 3 heterocycles. The standard InChI is InChI=1S/C46H43F5N4O5/c1-27-35(24-54-20-18-46(19-21-54)45(58)53-26-55(46)34-8-3-2-4-9-34)59-44(60-42(27)31-12-10-28(25-56)11-13-31)32-16-14-30(15-17-32)33-7-5-6-29(22-33)23-52-43(57)36-37(47)39(49)41(51)40(50)38(36)48/h2-17,22,27,35,42,44,56H,18-21,23-26H2,1H3,(H,52,57)(H,53,58)/t27-,35+,42+,44+/m0/s1. The van der Waals surface area contributed by atoms with E-state index < -0.39 is 52.4 Å². The third-order valence-corrected chi connectivity index (χ3v) is 12.0. The summed E-state index contributed by atoms with van der Waals surface area (Å²) >= 11 is 0. The maximum Gasteiger partial charge on any atom is 0.257 e. The van der Waals surface area contributed by atoms with Gasteiger partial charge in [-0.25, -0.2) is 22.0 Å². The molecule has 4 atom stereocenters. The molecule has 0 bridgehead atoms. The van der Waals surface area contributed by atoms with Gasteiger partial charge < -0.3 is 35.0 Å². The Morgan fingerprint density at radius 2 is 1.43 bits per heavy atom. The maximum atomic E-state index is 14.2. The molecule has 312 valence electrons. The van der Waals surface area contributed by atoms with Crippen molar-refractivity contribution in [2.45, 2.75) is 57.0 Å². The van der Waals surface area contributed by atoms with Crippen LogP contribution in [0.15, 0.2) is 103 Å². The fourth-order valence-electron chi connectivity index (χ4n) is 8.49. The van der Waals surface area contributed by atoms with E-state index in [0.717, 1.165) is 33.5 Å². The molecule has 9 nitrogen and oxygen atoms in total. The van der Waals surface area contributed by atoms with Crippen LogP contribution in [-0.2, 0) is 27.4 Å². The summed E-state index contributed by atoms with van der Waals surface area (Å²) in [6.07, 6.45) is 0.0432. The topological polar surface area (TPSA) is 103 Å². The van der Waals surface area contributed by atoms with Gasteiger partial charge in [-0.05, 0) is 58.9 Å². The van der Waals surface area contributed by atoms with Crippen molar-refractivity contribution in [3.8, 4) is 11.1 Å². The van der Waals surface area contributed by atoms with E-state index in [4.69, 9.17) is 9.47 Å². The molecule has 0 radical (unpaired) electrons. The first kappa shape index (κ1) is 41.1. The van der Waals surface area contributed by atoms with Crippen molar-refractivity contribution in [1.29, 1.82) is 0 Å². The lowest BCUT2D eigenvalue weighted by Crippen LogP contribution is -2.57. The number of nitrogens with zero attached hydrogens (tertiary/aromatic N) is 2. The fourth-order valence-corrected chi connectivity index (χ4v) is 8.49. The molecule has 2 amide bonds. The minimum absolute atomic E-state index is 0.0516. The summed E-state index contributed by atoms with van der Waals surface area (Å²) in [6.45, 7) is 4.30. The SMILES string of the molecule is C[C@H]1[C@@H](CN2CCC3(CC2)C(=O)NCN3c2ccccc2)O[C@@H](c2ccc(-c3cccc(CNC(=O)c4c(F)c(F)c(F)c(F)c4F)c3)cc2)O[C@H]1c1ccc(CO)cc1. The third-order valence-electron chi connectivity index (χ3n) is 12.0. The Labute approximate surface area is 343 Å². The number of benzene rings is 5. The first-order chi connectivity index (χ1) is 29.0. The van der Waals surface area contributed by atoms with E-state index in [0.29, 0.717) is 44.7 Å². The van der Waals surface area contributed by atoms with Crippen LogP contribution in [0.1, 0.15) is 64.8 Å². The molecular weight excluding hydrogens is 784 g/mol. The van der Waals surface area contributed by atoms with Gasteiger partial charge in [0.2, 0.25) is 11.7 Å². The summed E-state index contributed by atoms with van der Waals surface area (Å²) in [4.78, 5) is 30.4. The summed E-state index contributed by atoms with van der Waals surface area (Å²) in [5.74, 6) is -12.6. The second kappa shape index (κ2) is 17.1. The van der Waals surface area contributed by atoms with Crippen LogP contribution in [0.4, 0.5) is 27.6 Å². The summed E-state index contributed by atoms with van der Waals surface area (Å²) in [5.41, 5.74) is 3.43. The van der Waals surface area contributed by atoms with Crippen LogP contribution >= 0.6 is 0 Å². The number of carbonyl (C=O) groups is 2. The number of para-hydroxylation sites is 1. The van der Waals surface area contributed by atoms with E-state index in [-0.39, 0.29) is 37.2 Å². The van der Waals surface area contributed by atoms with Gasteiger partial charge in [0.15, 0.2) is 29.6 Å². The zero-order chi connectivity index (χ0) is 42.1. The van der Waals surface area contributed by atoms with E-state index in [1.165, 1.54) is 0 Å². The molecule has 5 aromatic carbocycles. The predicted molar refractivity (Wildman–Crippen MR) is 213 cm³/mol. The highest BCUT2D eigenvalue weighted by molar-refractivity contribution is 5.95. The van der Waals surface area contributed by atoms with Crippen LogP contribution in [0, 0.1) is 35.0 Å². The van der Waals surface area contributed by atoms with E-state index in [1.807, 2.05) is 84.9 Å². The highest BCUT2D eigenvalue weighted by Gasteiger charge is 2.51. The molecule has 1 spiro atoms. The molecule has 0 unspecified atom stereocenters. The van der Waals surface area contributed by atoms with Crippen molar-refractivity contribution < 1.29 is 46.1 Å². The number of aliphatic hydroxyl groups excluding tert-OH is 1. The van der Waals surface area contributed by atoms with Gasteiger partial charge >= 0.3 is 0 Å². The summed E-state index contributed by atoms with van der Waals surface area (Å²) in [7, 11) is 0. The van der Waals surface area contributed by atoms with Gasteiger partial charge in [0.25, 0.3) is 5.91 Å². The molecule has 3 fully saturated rings. The van der Waals surface area contributed by atoms with Crippen molar-refractivity contribution in [1.82, 2.24) is 15.5 Å². The number of hydrogen-bond donors (Lipinski definition) is 3. The van der Waals surface area contributed by atoms with Crippen molar-refractivity contribution in [3.63, 3.8) is 0 Å². The molecule has 3 saturated heterocycles. The Balaban J connectivity index is 0.973. The molecule has 60 heavy (non-hydrogen) atoms. The van der Waals surface area contributed by atoms with Crippen LogP contribution in [0.2, 0.25) is 0 Å². The van der Waals surface area contributed by atoms with E-state index in [2.05, 4.69) is 27.4 Å². The molecule has 3 N–H and O–H groups in total. The molecule has 0 aromatic heterocycles. The molecule has 3 aliphatic heterocycles. The van der Waals surface area contributed by atoms with Gasteiger partial charge in [0.1, 0.15) is 11.1 Å². The van der Waals surface area contributed by atoms with Crippen LogP contribution < -0.4 is 15.5 Å². The molecule has 0 saturated carbocycles. The van der Waals surface area contributed by atoms with Gasteiger partial charge in [0.05, 0.1) is 25.5 Å². The highest BCUT2D eigenvalue weighted by atomic mass is 19.2. The summed E-state index contributed by atoms with van der Waals surface area (Å²) < 4.78 is 82.8. The maximum absolute atomic E-state index is 14.2. The largest absolute Gasteiger partial charge is 0.392 e. The second-order valence-corrected chi connectivity index (χ2v) is 15.5. The lowest BCUT2D eigenvalue weighted by atomic mass is 9.84. The van der Waals surface area contributed by atoms with E-state index >= 15 is 0 Å². The fraction of sp³-hybridized carbons (Fsp3) is 0.304. The van der Waals surface area contributed by atoms with Crippen molar-refractivity contribution in [2.24, 2.45) is 5.92 Å². The van der Waals surface area contributed by atoms with Crippen molar-refractivity contribution in [3.05, 3.63) is 160 Å². The minimum Gasteiger partial charge on any atom is -0.392 e. The number of halogens is 5. The minimum atomic E-state index is -2.34. The van der Waals surface area contributed by atoms with E-state index in [9.17, 15) is 36.6 Å². The number of aliphatic hydroxyl groups is 1. The normalized spacial score (nSPS) is 21.6. The first-order valence-corrected chi connectivity index (χ1v) is 19.8. The van der Waals surface area contributed by atoms with Crippen LogP contribution in [-0.4, -0.2) is 59.8 Å². The molecule has 3 aliphatic rings. The quantitative estimate of drug-likeness (QED) is 0.0755. The Bertz CT molecular complexity index is 2330. The lowest BCUT2D eigenvalue weighted by molar-refractivity contribution is -0.276. The molecule has 0 aliphatic carbocycles. The Hall–Kier alpha value is -5.67. The third kappa shape index (κ3) is 7.87. The average molecular weight is 827 g/mol. The molecular formula is C46H43F5N4O5. The summed E-state index contributed by atoms with van der Waals surface area (Å²) in [6, 6.07) is 32.2. The van der Waals surface area contributed by atoms with Crippen LogP contribution in [0.25, 0.3) is 11.1 Å². The average Bonchev–Trinajstić information content (AvgIpc) is 3.60.